The number of benzene rings is 2. The largest absolute Gasteiger partial charge is 0.396 e. The zero-order chi connectivity index (χ0) is 24.5. The van der Waals surface area contributed by atoms with Gasteiger partial charge in [0.2, 0.25) is 0 Å². The lowest BCUT2D eigenvalue weighted by Crippen LogP contribution is -2.33. The molecule has 1 unspecified atom stereocenters. The van der Waals surface area contributed by atoms with Crippen LogP contribution in [0.1, 0.15) is 48.2 Å². The van der Waals surface area contributed by atoms with Crippen molar-refractivity contribution >= 4 is 28.4 Å². The SMILES string of the molecule is CC(=O)c1ccc(C(F)F)cc1F.CC1(Cc2ccc(F)c(N)c2)CCSC(N)=N1.CF. The maximum absolute atomic E-state index is 13.1. The highest BCUT2D eigenvalue weighted by atomic mass is 32.2. The van der Waals surface area contributed by atoms with Crippen molar-refractivity contribution in [2.24, 2.45) is 10.7 Å². The first-order valence-electron chi connectivity index (χ1n) is 9.49. The van der Waals surface area contributed by atoms with Gasteiger partial charge in [0.15, 0.2) is 11.0 Å². The monoisotopic (exact) mass is 475 g/mol. The van der Waals surface area contributed by atoms with Crippen molar-refractivity contribution in [2.45, 2.75) is 38.7 Å². The van der Waals surface area contributed by atoms with E-state index in [1.807, 2.05) is 0 Å². The first-order chi connectivity index (χ1) is 15.0. The number of nitrogen functional groups attached to an aromatic ring is 1. The second-order valence-electron chi connectivity index (χ2n) is 7.17. The number of carbonyl (C=O) groups is 1. The summed E-state index contributed by atoms with van der Waals surface area (Å²) in [7, 11) is 0.500. The molecule has 2 aromatic carbocycles. The highest BCUT2D eigenvalue weighted by molar-refractivity contribution is 8.13. The average molecular weight is 476 g/mol. The summed E-state index contributed by atoms with van der Waals surface area (Å²) in [6.45, 7) is 3.25. The highest BCUT2D eigenvalue weighted by Gasteiger charge is 2.27. The Morgan fingerprint density at radius 2 is 1.78 bits per heavy atom. The minimum atomic E-state index is -2.71. The van der Waals surface area contributed by atoms with Gasteiger partial charge in [-0.15, -0.1) is 0 Å². The van der Waals surface area contributed by atoms with E-state index < -0.39 is 23.6 Å². The van der Waals surface area contributed by atoms with E-state index in [0.29, 0.717) is 18.4 Å². The van der Waals surface area contributed by atoms with Gasteiger partial charge in [-0.2, -0.15) is 0 Å². The van der Waals surface area contributed by atoms with Crippen LogP contribution < -0.4 is 11.5 Å². The molecule has 0 spiro atoms. The number of nitrogens with two attached hydrogens (primary N) is 2. The van der Waals surface area contributed by atoms with Crippen molar-refractivity contribution in [2.75, 3.05) is 18.7 Å². The zero-order valence-corrected chi connectivity index (χ0v) is 18.8. The molecule has 4 nitrogen and oxygen atoms in total. The lowest BCUT2D eigenvalue weighted by Gasteiger charge is -2.29. The van der Waals surface area contributed by atoms with E-state index in [9.17, 15) is 26.7 Å². The van der Waals surface area contributed by atoms with Crippen LogP contribution in [0.15, 0.2) is 41.4 Å². The molecule has 0 aliphatic carbocycles. The normalized spacial score (nSPS) is 17.5. The average Bonchev–Trinajstić information content (AvgIpc) is 2.72. The molecule has 0 saturated heterocycles. The van der Waals surface area contributed by atoms with Gasteiger partial charge in [-0.3, -0.25) is 14.2 Å². The number of rotatable bonds is 4. The lowest BCUT2D eigenvalue weighted by molar-refractivity contribution is 0.101. The van der Waals surface area contributed by atoms with Gasteiger partial charge in [0.05, 0.1) is 24.0 Å². The third-order valence-corrected chi connectivity index (χ3v) is 5.34. The Hall–Kier alpha value is -2.62. The molecule has 3 rings (SSSR count). The molecular weight excluding hydrogens is 449 g/mol. The number of amidine groups is 1. The number of hydrogen-bond donors (Lipinski definition) is 2. The fourth-order valence-electron chi connectivity index (χ4n) is 2.95. The summed E-state index contributed by atoms with van der Waals surface area (Å²) >= 11 is 1.58. The number of aliphatic imine (C=N–C) groups is 1. The number of thioether (sulfide) groups is 1. The molecule has 2 aromatic rings. The summed E-state index contributed by atoms with van der Waals surface area (Å²) in [5.41, 5.74) is 11.7. The predicted molar refractivity (Wildman–Crippen MR) is 120 cm³/mol. The van der Waals surface area contributed by atoms with E-state index >= 15 is 0 Å². The molecule has 1 atom stereocenters. The molecule has 0 aromatic heterocycles. The van der Waals surface area contributed by atoms with Crippen LogP contribution in [0, 0.1) is 11.6 Å². The summed E-state index contributed by atoms with van der Waals surface area (Å²) in [5.74, 6) is -0.771. The minimum absolute atomic E-state index is 0.163. The summed E-state index contributed by atoms with van der Waals surface area (Å²) < 4.78 is 59.5. The summed E-state index contributed by atoms with van der Waals surface area (Å²) in [4.78, 5) is 15.2. The second kappa shape index (κ2) is 12.4. The highest BCUT2D eigenvalue weighted by Crippen LogP contribution is 2.29. The summed E-state index contributed by atoms with van der Waals surface area (Å²) in [6.07, 6.45) is -1.01. The van der Waals surface area contributed by atoms with Crippen LogP contribution in [0.2, 0.25) is 0 Å². The zero-order valence-electron chi connectivity index (χ0n) is 18.0. The van der Waals surface area contributed by atoms with Crippen molar-refractivity contribution in [1.82, 2.24) is 0 Å². The Morgan fingerprint density at radius 3 is 2.28 bits per heavy atom. The summed E-state index contributed by atoms with van der Waals surface area (Å²) in [5, 5.41) is 0.633. The van der Waals surface area contributed by atoms with Gasteiger partial charge in [-0.1, -0.05) is 23.9 Å². The van der Waals surface area contributed by atoms with Gasteiger partial charge >= 0.3 is 0 Å². The standard InChI is InChI=1S/C12H16FN3S.C9H7F3O.CH3F/c1-12(4-5-17-11(15)16-12)7-8-2-3-9(13)10(14)6-8;1-5(13)7-3-2-6(9(11)12)4-8(7)10;1-2/h2-3,6H,4-5,7,14H2,1H3,(H2,15,16);2-4,9H,1H3;1H3. The van der Waals surface area contributed by atoms with Gasteiger partial charge in [-0.05, 0) is 56.5 Å². The number of ketones is 1. The molecule has 0 fully saturated rings. The molecule has 0 saturated carbocycles. The van der Waals surface area contributed by atoms with Crippen LogP contribution in [0.4, 0.5) is 27.6 Å². The number of nitrogens with zero attached hydrogens (tertiary/aromatic N) is 1. The molecule has 4 N–H and O–H groups in total. The molecule has 0 amide bonds. The number of halogens is 5. The van der Waals surface area contributed by atoms with Crippen LogP contribution in [-0.4, -0.2) is 29.4 Å². The number of Topliss-reactive ketones (excluding diaryl/α,β-unsaturated/α-hetero) is 1. The smallest absolute Gasteiger partial charge is 0.263 e. The van der Waals surface area contributed by atoms with Crippen molar-refractivity contribution in [3.63, 3.8) is 0 Å². The van der Waals surface area contributed by atoms with E-state index in [0.717, 1.165) is 36.3 Å². The van der Waals surface area contributed by atoms with Crippen LogP contribution >= 0.6 is 11.8 Å². The van der Waals surface area contributed by atoms with Gasteiger partial charge in [0.1, 0.15) is 11.6 Å². The van der Waals surface area contributed by atoms with E-state index in [-0.39, 0.29) is 22.6 Å². The second-order valence-corrected chi connectivity index (χ2v) is 8.29. The van der Waals surface area contributed by atoms with Gasteiger partial charge < -0.3 is 11.5 Å². The summed E-state index contributed by atoms with van der Waals surface area (Å²) in [6, 6.07) is 7.63. The van der Waals surface area contributed by atoms with Gasteiger partial charge in [0, 0.05) is 11.3 Å². The topological polar surface area (TPSA) is 81.5 Å². The van der Waals surface area contributed by atoms with E-state index in [1.165, 1.54) is 13.0 Å². The van der Waals surface area contributed by atoms with Crippen molar-refractivity contribution in [1.29, 1.82) is 0 Å². The quantitative estimate of drug-likeness (QED) is 0.337. The fraction of sp³-hybridized carbons (Fsp3) is 0.364. The molecule has 0 bridgehead atoms. The Labute approximate surface area is 188 Å². The number of alkyl halides is 3. The van der Waals surface area contributed by atoms with Crippen LogP contribution in [0.3, 0.4) is 0 Å². The molecule has 1 heterocycles. The number of anilines is 1. The van der Waals surface area contributed by atoms with Crippen molar-refractivity contribution in [3.8, 4) is 0 Å². The predicted octanol–water partition coefficient (Wildman–Crippen LogP) is 5.71. The first-order valence-corrected chi connectivity index (χ1v) is 10.5. The Morgan fingerprint density at radius 1 is 1.12 bits per heavy atom. The maximum atomic E-state index is 13.1. The number of hydrogen-bond acceptors (Lipinski definition) is 5. The van der Waals surface area contributed by atoms with Gasteiger partial charge in [0.25, 0.3) is 6.43 Å². The molecule has 10 heteroatoms. The van der Waals surface area contributed by atoms with E-state index in [1.54, 1.807) is 23.9 Å². The molecule has 32 heavy (non-hydrogen) atoms. The van der Waals surface area contributed by atoms with E-state index in [4.69, 9.17) is 11.5 Å². The van der Waals surface area contributed by atoms with Crippen molar-refractivity contribution < 1.29 is 26.7 Å². The molecule has 1 aliphatic rings. The van der Waals surface area contributed by atoms with Crippen LogP contribution in [-0.2, 0) is 6.42 Å². The number of carbonyl (C=O) groups excluding carboxylic acids is 1. The Bertz CT molecular complexity index is 955. The lowest BCUT2D eigenvalue weighted by atomic mass is 9.90. The molecule has 176 valence electrons. The third-order valence-electron chi connectivity index (χ3n) is 4.54. The van der Waals surface area contributed by atoms with Crippen molar-refractivity contribution in [3.05, 3.63) is 64.7 Å². The maximum Gasteiger partial charge on any atom is 0.263 e. The van der Waals surface area contributed by atoms with Crippen LogP contribution in [0.25, 0.3) is 0 Å². The fourth-order valence-corrected chi connectivity index (χ4v) is 3.99. The Balaban J connectivity index is 0.000000307. The first kappa shape index (κ1) is 27.4. The molecule has 0 radical (unpaired) electrons. The molecule has 1 aliphatic heterocycles. The van der Waals surface area contributed by atoms with Gasteiger partial charge in [-0.25, -0.2) is 17.6 Å². The Kier molecular flexibility index (Phi) is 10.6. The van der Waals surface area contributed by atoms with Crippen LogP contribution in [0.5, 0.6) is 0 Å². The third kappa shape index (κ3) is 8.14. The molecular formula is C22H26F5N3OS. The minimum Gasteiger partial charge on any atom is -0.396 e. The van der Waals surface area contributed by atoms with E-state index in [2.05, 4.69) is 11.9 Å².